The lowest BCUT2D eigenvalue weighted by atomic mass is 10.2. The lowest BCUT2D eigenvalue weighted by molar-refractivity contribution is 0.102. The van der Waals surface area contributed by atoms with Gasteiger partial charge in [-0.25, -0.2) is 4.39 Å². The fraction of sp³-hybridized carbons (Fsp3) is 0. The summed E-state index contributed by atoms with van der Waals surface area (Å²) in [5, 5.41) is 11.7. The highest BCUT2D eigenvalue weighted by Crippen LogP contribution is 2.20. The summed E-state index contributed by atoms with van der Waals surface area (Å²) in [5.41, 5.74) is 0.439. The SMILES string of the molecule is O=C(Nc1ccc(O)cc1)c1cccc(Br)c1F. The summed E-state index contributed by atoms with van der Waals surface area (Å²) in [4.78, 5) is 11.8. The third kappa shape index (κ3) is 2.68. The molecule has 0 saturated carbocycles. The minimum atomic E-state index is -0.603. The molecule has 18 heavy (non-hydrogen) atoms. The summed E-state index contributed by atoms with van der Waals surface area (Å²) in [7, 11) is 0. The maximum absolute atomic E-state index is 13.7. The quantitative estimate of drug-likeness (QED) is 0.834. The van der Waals surface area contributed by atoms with E-state index in [-0.39, 0.29) is 15.8 Å². The van der Waals surface area contributed by atoms with Crippen LogP contribution in [0.3, 0.4) is 0 Å². The van der Waals surface area contributed by atoms with Gasteiger partial charge in [0.15, 0.2) is 0 Å². The fourth-order valence-corrected chi connectivity index (χ4v) is 1.79. The first-order chi connectivity index (χ1) is 8.58. The van der Waals surface area contributed by atoms with Gasteiger partial charge in [0, 0.05) is 5.69 Å². The average molecular weight is 310 g/mol. The number of rotatable bonds is 2. The van der Waals surface area contributed by atoms with Gasteiger partial charge in [-0.2, -0.15) is 0 Å². The molecule has 5 heteroatoms. The first kappa shape index (κ1) is 12.6. The van der Waals surface area contributed by atoms with E-state index in [1.807, 2.05) is 0 Å². The van der Waals surface area contributed by atoms with Crippen LogP contribution < -0.4 is 5.32 Å². The van der Waals surface area contributed by atoms with Gasteiger partial charge in [-0.3, -0.25) is 4.79 Å². The van der Waals surface area contributed by atoms with Gasteiger partial charge in [0.2, 0.25) is 0 Å². The van der Waals surface area contributed by atoms with E-state index in [1.165, 1.54) is 36.4 Å². The van der Waals surface area contributed by atoms with Gasteiger partial charge in [0.05, 0.1) is 10.0 Å². The Morgan fingerprint density at radius 1 is 1.17 bits per heavy atom. The summed E-state index contributed by atoms with van der Waals surface area (Å²) in [5.74, 6) is -1.05. The molecule has 2 N–H and O–H groups in total. The van der Waals surface area contributed by atoms with E-state index in [4.69, 9.17) is 5.11 Å². The molecule has 0 atom stereocenters. The number of phenols is 1. The predicted molar refractivity (Wildman–Crippen MR) is 70.2 cm³/mol. The minimum absolute atomic E-state index is 0.0440. The predicted octanol–water partition coefficient (Wildman–Crippen LogP) is 3.55. The standard InChI is InChI=1S/C13H9BrFNO2/c14-11-3-1-2-10(12(11)15)13(18)16-8-4-6-9(17)7-5-8/h1-7,17H,(H,16,18). The molecular weight excluding hydrogens is 301 g/mol. The topological polar surface area (TPSA) is 49.3 Å². The number of amides is 1. The lowest BCUT2D eigenvalue weighted by Crippen LogP contribution is -2.13. The van der Waals surface area contributed by atoms with E-state index in [0.717, 1.165) is 0 Å². The summed E-state index contributed by atoms with van der Waals surface area (Å²) < 4.78 is 13.9. The molecule has 2 rings (SSSR count). The van der Waals surface area contributed by atoms with Crippen molar-refractivity contribution in [3.05, 3.63) is 58.3 Å². The highest BCUT2D eigenvalue weighted by atomic mass is 79.9. The molecule has 92 valence electrons. The molecule has 0 unspecified atom stereocenters. The monoisotopic (exact) mass is 309 g/mol. The molecule has 0 radical (unpaired) electrons. The number of carbonyl (C=O) groups excluding carboxylic acids is 1. The molecule has 0 saturated heterocycles. The Kier molecular flexibility index (Phi) is 3.62. The molecule has 2 aromatic carbocycles. The van der Waals surface area contributed by atoms with Crippen molar-refractivity contribution in [1.29, 1.82) is 0 Å². The molecule has 0 bridgehead atoms. The van der Waals surface area contributed by atoms with Crippen LogP contribution >= 0.6 is 15.9 Å². The molecule has 0 spiro atoms. The van der Waals surface area contributed by atoms with Gasteiger partial charge in [0.1, 0.15) is 11.6 Å². The summed E-state index contributed by atoms with van der Waals surface area (Å²) in [6.45, 7) is 0. The van der Waals surface area contributed by atoms with Crippen LogP contribution in [0.1, 0.15) is 10.4 Å². The summed E-state index contributed by atoms with van der Waals surface area (Å²) in [6.07, 6.45) is 0. The van der Waals surface area contributed by atoms with Crippen LogP contribution in [0.2, 0.25) is 0 Å². The summed E-state index contributed by atoms with van der Waals surface area (Å²) >= 11 is 3.02. The number of aromatic hydroxyl groups is 1. The second kappa shape index (κ2) is 5.18. The fourth-order valence-electron chi connectivity index (χ4n) is 1.42. The van der Waals surface area contributed by atoms with Crippen LogP contribution in [0.5, 0.6) is 5.75 Å². The number of anilines is 1. The van der Waals surface area contributed by atoms with Gasteiger partial charge in [-0.05, 0) is 52.3 Å². The third-order valence-corrected chi connectivity index (χ3v) is 2.93. The molecule has 0 heterocycles. The van der Waals surface area contributed by atoms with Gasteiger partial charge >= 0.3 is 0 Å². The molecule has 0 aliphatic heterocycles. The zero-order valence-electron chi connectivity index (χ0n) is 9.15. The van der Waals surface area contributed by atoms with Crippen LogP contribution in [-0.4, -0.2) is 11.0 Å². The maximum Gasteiger partial charge on any atom is 0.258 e. The van der Waals surface area contributed by atoms with Crippen LogP contribution in [0.25, 0.3) is 0 Å². The third-order valence-electron chi connectivity index (χ3n) is 2.32. The zero-order chi connectivity index (χ0) is 13.1. The van der Waals surface area contributed by atoms with E-state index in [2.05, 4.69) is 21.2 Å². The minimum Gasteiger partial charge on any atom is -0.508 e. The average Bonchev–Trinajstić information content (AvgIpc) is 2.35. The Morgan fingerprint density at radius 2 is 1.83 bits per heavy atom. The second-order valence-corrected chi connectivity index (χ2v) is 4.46. The number of hydrogen-bond acceptors (Lipinski definition) is 2. The first-order valence-electron chi connectivity index (χ1n) is 5.12. The largest absolute Gasteiger partial charge is 0.508 e. The maximum atomic E-state index is 13.7. The summed E-state index contributed by atoms with van der Waals surface area (Å²) in [6, 6.07) is 10.4. The molecule has 0 fully saturated rings. The second-order valence-electron chi connectivity index (χ2n) is 3.60. The van der Waals surface area contributed by atoms with Crippen molar-refractivity contribution >= 4 is 27.5 Å². The molecule has 0 aliphatic carbocycles. The number of nitrogens with one attached hydrogen (secondary N) is 1. The zero-order valence-corrected chi connectivity index (χ0v) is 10.7. The Labute approximate surface area is 111 Å². The Balaban J connectivity index is 2.22. The Bertz CT molecular complexity index is 584. The highest BCUT2D eigenvalue weighted by molar-refractivity contribution is 9.10. The van der Waals surface area contributed by atoms with Crippen LogP contribution in [0, 0.1) is 5.82 Å². The smallest absolute Gasteiger partial charge is 0.258 e. The molecule has 2 aromatic rings. The van der Waals surface area contributed by atoms with Gasteiger partial charge in [-0.1, -0.05) is 6.07 Å². The lowest BCUT2D eigenvalue weighted by Gasteiger charge is -2.06. The van der Waals surface area contributed by atoms with Crippen molar-refractivity contribution in [2.75, 3.05) is 5.32 Å². The number of carbonyl (C=O) groups is 1. The van der Waals surface area contributed by atoms with E-state index in [0.29, 0.717) is 5.69 Å². The number of phenolic OH excluding ortho intramolecular Hbond substituents is 1. The Hall–Kier alpha value is -1.88. The van der Waals surface area contributed by atoms with E-state index >= 15 is 0 Å². The number of benzene rings is 2. The number of hydrogen-bond donors (Lipinski definition) is 2. The molecule has 3 nitrogen and oxygen atoms in total. The van der Waals surface area contributed by atoms with E-state index < -0.39 is 11.7 Å². The normalized spacial score (nSPS) is 10.1. The molecular formula is C13H9BrFNO2. The van der Waals surface area contributed by atoms with Gasteiger partial charge in [0.25, 0.3) is 5.91 Å². The van der Waals surface area contributed by atoms with Crippen LogP contribution in [0.4, 0.5) is 10.1 Å². The van der Waals surface area contributed by atoms with Crippen molar-refractivity contribution in [3.63, 3.8) is 0 Å². The molecule has 1 amide bonds. The first-order valence-corrected chi connectivity index (χ1v) is 5.91. The Morgan fingerprint density at radius 3 is 2.50 bits per heavy atom. The molecule has 0 aromatic heterocycles. The van der Waals surface area contributed by atoms with Crippen molar-refractivity contribution in [2.24, 2.45) is 0 Å². The number of halogens is 2. The van der Waals surface area contributed by atoms with Gasteiger partial charge < -0.3 is 10.4 Å². The van der Waals surface area contributed by atoms with Crippen molar-refractivity contribution in [3.8, 4) is 5.75 Å². The highest BCUT2D eigenvalue weighted by Gasteiger charge is 2.13. The van der Waals surface area contributed by atoms with Crippen molar-refractivity contribution in [2.45, 2.75) is 0 Å². The van der Waals surface area contributed by atoms with Gasteiger partial charge in [-0.15, -0.1) is 0 Å². The van der Waals surface area contributed by atoms with E-state index in [9.17, 15) is 9.18 Å². The van der Waals surface area contributed by atoms with Crippen molar-refractivity contribution in [1.82, 2.24) is 0 Å². The van der Waals surface area contributed by atoms with E-state index in [1.54, 1.807) is 6.07 Å². The van der Waals surface area contributed by atoms with Crippen molar-refractivity contribution < 1.29 is 14.3 Å². The van der Waals surface area contributed by atoms with Crippen LogP contribution in [0.15, 0.2) is 46.9 Å². The van der Waals surface area contributed by atoms with Crippen LogP contribution in [-0.2, 0) is 0 Å². The molecule has 0 aliphatic rings.